The Bertz CT molecular complexity index is 890. The maximum Gasteiger partial charge on any atom is 0.257 e. The first-order valence-corrected chi connectivity index (χ1v) is 8.60. The van der Waals surface area contributed by atoms with Gasteiger partial charge in [-0.25, -0.2) is 0 Å². The summed E-state index contributed by atoms with van der Waals surface area (Å²) in [5, 5.41) is 6.81. The molecule has 0 fully saturated rings. The van der Waals surface area contributed by atoms with Crippen molar-refractivity contribution in [2.24, 2.45) is 5.73 Å². The zero-order valence-corrected chi connectivity index (χ0v) is 14.9. The van der Waals surface area contributed by atoms with Crippen LogP contribution in [0.5, 0.6) is 0 Å². The third kappa shape index (κ3) is 4.15. The van der Waals surface area contributed by atoms with Gasteiger partial charge in [0.2, 0.25) is 5.91 Å². The monoisotopic (exact) mass is 350 g/mol. The molecular weight excluding hydrogens is 328 g/mol. The van der Waals surface area contributed by atoms with Crippen LogP contribution >= 0.6 is 0 Å². The minimum Gasteiger partial charge on any atom is -0.334 e. The van der Waals surface area contributed by atoms with Crippen molar-refractivity contribution in [1.29, 1.82) is 0 Å². The maximum atomic E-state index is 12.5. The van der Waals surface area contributed by atoms with Crippen molar-refractivity contribution in [2.45, 2.75) is 32.7 Å². The van der Waals surface area contributed by atoms with Crippen LogP contribution in [-0.2, 0) is 17.6 Å². The van der Waals surface area contributed by atoms with Crippen LogP contribution in [0.15, 0.2) is 53.1 Å². The van der Waals surface area contributed by atoms with Gasteiger partial charge in [0.1, 0.15) is 0 Å². The van der Waals surface area contributed by atoms with E-state index in [0.29, 0.717) is 30.2 Å². The molecule has 6 heteroatoms. The topological polar surface area (TPSA) is 94.0 Å². The molecule has 0 radical (unpaired) electrons. The Morgan fingerprint density at radius 2 is 2.00 bits per heavy atom. The van der Waals surface area contributed by atoms with E-state index < -0.39 is 6.04 Å². The molecule has 2 aromatic carbocycles. The summed E-state index contributed by atoms with van der Waals surface area (Å²) in [4.78, 5) is 16.8. The number of amides is 1. The van der Waals surface area contributed by atoms with Crippen molar-refractivity contribution >= 4 is 11.6 Å². The highest BCUT2D eigenvalue weighted by atomic mass is 16.5. The number of aryl methyl sites for hydroxylation is 2. The molecule has 1 heterocycles. The van der Waals surface area contributed by atoms with Gasteiger partial charge in [0, 0.05) is 17.7 Å². The van der Waals surface area contributed by atoms with E-state index in [9.17, 15) is 4.79 Å². The molecule has 1 amide bonds. The van der Waals surface area contributed by atoms with Gasteiger partial charge >= 0.3 is 0 Å². The van der Waals surface area contributed by atoms with Crippen LogP contribution in [-0.4, -0.2) is 22.1 Å². The van der Waals surface area contributed by atoms with Crippen LogP contribution in [0.1, 0.15) is 23.9 Å². The van der Waals surface area contributed by atoms with E-state index in [1.807, 2.05) is 62.4 Å². The standard InChI is InChI=1S/C20H22N4O2/c1-3-18-23-20(26-24-18)15-10-9-13(2)17(12-15)22-19(25)16(21)11-14-7-5-4-6-8-14/h4-10,12,16H,3,11,21H2,1-2H3,(H,22,25)/t16-/m0/s1. The van der Waals surface area contributed by atoms with E-state index >= 15 is 0 Å². The number of hydrogen-bond donors (Lipinski definition) is 2. The van der Waals surface area contributed by atoms with Crippen LogP contribution in [0.4, 0.5) is 5.69 Å². The molecule has 1 atom stereocenters. The lowest BCUT2D eigenvalue weighted by Gasteiger charge is -2.14. The molecule has 6 nitrogen and oxygen atoms in total. The van der Waals surface area contributed by atoms with Crippen LogP contribution < -0.4 is 11.1 Å². The molecule has 1 aromatic heterocycles. The summed E-state index contributed by atoms with van der Waals surface area (Å²) in [6, 6.07) is 14.7. The molecule has 0 unspecified atom stereocenters. The SMILES string of the molecule is CCc1noc(-c2ccc(C)c(NC(=O)[C@@H](N)Cc3ccccc3)c2)n1. The Balaban J connectivity index is 1.74. The van der Waals surface area contributed by atoms with Crippen LogP contribution in [0.25, 0.3) is 11.5 Å². The zero-order chi connectivity index (χ0) is 18.5. The summed E-state index contributed by atoms with van der Waals surface area (Å²) in [6.07, 6.45) is 1.18. The number of benzene rings is 2. The number of hydrogen-bond acceptors (Lipinski definition) is 5. The van der Waals surface area contributed by atoms with Gasteiger partial charge in [-0.1, -0.05) is 48.5 Å². The van der Waals surface area contributed by atoms with Crippen molar-refractivity contribution in [3.63, 3.8) is 0 Å². The van der Waals surface area contributed by atoms with E-state index in [0.717, 1.165) is 16.7 Å². The lowest BCUT2D eigenvalue weighted by atomic mass is 10.1. The van der Waals surface area contributed by atoms with E-state index in [2.05, 4.69) is 15.5 Å². The minimum absolute atomic E-state index is 0.228. The number of anilines is 1. The predicted molar refractivity (Wildman–Crippen MR) is 101 cm³/mol. The van der Waals surface area contributed by atoms with Gasteiger partial charge in [-0.2, -0.15) is 4.98 Å². The van der Waals surface area contributed by atoms with Gasteiger partial charge in [0.05, 0.1) is 6.04 Å². The first-order valence-electron chi connectivity index (χ1n) is 8.60. The second-order valence-corrected chi connectivity index (χ2v) is 6.18. The highest BCUT2D eigenvalue weighted by Crippen LogP contribution is 2.24. The Kier molecular flexibility index (Phi) is 5.43. The second kappa shape index (κ2) is 7.93. The van der Waals surface area contributed by atoms with Gasteiger partial charge in [-0.3, -0.25) is 4.79 Å². The molecule has 3 rings (SSSR count). The fourth-order valence-corrected chi connectivity index (χ4v) is 2.59. The zero-order valence-electron chi connectivity index (χ0n) is 14.9. The molecule has 3 aromatic rings. The molecule has 0 saturated carbocycles. The third-order valence-electron chi connectivity index (χ3n) is 4.16. The summed E-state index contributed by atoms with van der Waals surface area (Å²) in [6.45, 7) is 3.89. The first kappa shape index (κ1) is 17.8. The summed E-state index contributed by atoms with van der Waals surface area (Å²) in [5.74, 6) is 0.857. The summed E-state index contributed by atoms with van der Waals surface area (Å²) >= 11 is 0. The fraction of sp³-hybridized carbons (Fsp3) is 0.250. The van der Waals surface area contributed by atoms with Gasteiger partial charge < -0.3 is 15.6 Å². The van der Waals surface area contributed by atoms with E-state index in [1.165, 1.54) is 0 Å². The molecule has 26 heavy (non-hydrogen) atoms. The Morgan fingerprint density at radius 3 is 2.69 bits per heavy atom. The van der Waals surface area contributed by atoms with Gasteiger partial charge in [-0.05, 0) is 36.6 Å². The third-order valence-corrected chi connectivity index (χ3v) is 4.16. The molecule has 0 aliphatic heterocycles. The number of aromatic nitrogens is 2. The minimum atomic E-state index is -0.629. The number of carbonyl (C=O) groups is 1. The van der Waals surface area contributed by atoms with Crippen molar-refractivity contribution in [3.8, 4) is 11.5 Å². The Morgan fingerprint density at radius 1 is 1.23 bits per heavy atom. The Hall–Kier alpha value is -2.99. The average molecular weight is 350 g/mol. The highest BCUT2D eigenvalue weighted by molar-refractivity contribution is 5.96. The Labute approximate surface area is 152 Å². The summed E-state index contributed by atoms with van der Waals surface area (Å²) in [5.41, 5.74) is 9.47. The molecule has 0 bridgehead atoms. The van der Waals surface area contributed by atoms with Crippen LogP contribution in [0.2, 0.25) is 0 Å². The number of nitrogens with one attached hydrogen (secondary N) is 1. The number of rotatable bonds is 6. The largest absolute Gasteiger partial charge is 0.334 e. The summed E-state index contributed by atoms with van der Waals surface area (Å²) in [7, 11) is 0. The molecule has 0 saturated heterocycles. The molecular formula is C20H22N4O2. The van der Waals surface area contributed by atoms with E-state index in [4.69, 9.17) is 10.3 Å². The predicted octanol–water partition coefficient (Wildman–Crippen LogP) is 3.12. The van der Waals surface area contributed by atoms with Crippen molar-refractivity contribution in [3.05, 3.63) is 65.5 Å². The maximum absolute atomic E-state index is 12.5. The molecule has 134 valence electrons. The van der Waals surface area contributed by atoms with Crippen LogP contribution in [0, 0.1) is 6.92 Å². The summed E-state index contributed by atoms with van der Waals surface area (Å²) < 4.78 is 5.27. The van der Waals surface area contributed by atoms with E-state index in [-0.39, 0.29) is 5.91 Å². The number of nitrogens with zero attached hydrogens (tertiary/aromatic N) is 2. The first-order chi connectivity index (χ1) is 12.6. The van der Waals surface area contributed by atoms with Crippen LogP contribution in [0.3, 0.4) is 0 Å². The normalized spacial score (nSPS) is 12.0. The number of carbonyl (C=O) groups excluding carboxylic acids is 1. The lowest BCUT2D eigenvalue weighted by Crippen LogP contribution is -2.37. The lowest BCUT2D eigenvalue weighted by molar-refractivity contribution is -0.117. The second-order valence-electron chi connectivity index (χ2n) is 6.18. The molecule has 0 aliphatic rings. The fourth-order valence-electron chi connectivity index (χ4n) is 2.59. The molecule has 3 N–H and O–H groups in total. The highest BCUT2D eigenvalue weighted by Gasteiger charge is 2.16. The quantitative estimate of drug-likeness (QED) is 0.712. The molecule has 0 aliphatic carbocycles. The smallest absolute Gasteiger partial charge is 0.257 e. The van der Waals surface area contributed by atoms with Gasteiger partial charge in [0.25, 0.3) is 5.89 Å². The van der Waals surface area contributed by atoms with Gasteiger partial charge in [0.15, 0.2) is 5.82 Å². The number of nitrogens with two attached hydrogens (primary N) is 1. The average Bonchev–Trinajstić information content (AvgIpc) is 3.13. The van der Waals surface area contributed by atoms with Crippen molar-refractivity contribution in [2.75, 3.05) is 5.32 Å². The van der Waals surface area contributed by atoms with Crippen molar-refractivity contribution < 1.29 is 9.32 Å². The van der Waals surface area contributed by atoms with E-state index in [1.54, 1.807) is 0 Å². The van der Waals surface area contributed by atoms with Gasteiger partial charge in [-0.15, -0.1) is 0 Å². The molecule has 0 spiro atoms. The van der Waals surface area contributed by atoms with Crippen molar-refractivity contribution in [1.82, 2.24) is 10.1 Å².